The van der Waals surface area contributed by atoms with Crippen LogP contribution in [0.1, 0.15) is 26.5 Å². The van der Waals surface area contributed by atoms with E-state index in [4.69, 9.17) is 13.9 Å². The zero-order valence-electron chi connectivity index (χ0n) is 12.4. The lowest BCUT2D eigenvalue weighted by atomic mass is 10.1. The third-order valence-electron chi connectivity index (χ3n) is 3.38. The number of carbonyl (C=O) groups is 2. The van der Waals surface area contributed by atoms with Crippen molar-refractivity contribution in [3.05, 3.63) is 71.5 Å². The minimum atomic E-state index is -0.703. The van der Waals surface area contributed by atoms with Crippen LogP contribution in [0, 0.1) is 0 Å². The molecule has 3 rings (SSSR count). The Hall–Kier alpha value is -3.08. The fourth-order valence-electron chi connectivity index (χ4n) is 2.28. The van der Waals surface area contributed by atoms with Gasteiger partial charge in [-0.1, -0.05) is 48.5 Å². The molecule has 1 heterocycles. The number of esters is 2. The highest BCUT2D eigenvalue weighted by Gasteiger charge is 2.27. The summed E-state index contributed by atoms with van der Waals surface area (Å²) < 4.78 is 15.5. The Morgan fingerprint density at radius 1 is 0.957 bits per heavy atom. The highest BCUT2D eigenvalue weighted by Crippen LogP contribution is 2.27. The van der Waals surface area contributed by atoms with E-state index in [1.807, 2.05) is 30.3 Å². The van der Waals surface area contributed by atoms with E-state index < -0.39 is 11.9 Å². The minimum Gasteiger partial charge on any atom is -0.465 e. The number of benzene rings is 2. The number of methoxy groups -OCH3 is 1. The fraction of sp³-hybridized carbons (Fsp3) is 0.111. The first kappa shape index (κ1) is 14.8. The number of hydrogen-bond donors (Lipinski definition) is 0. The number of fused-ring (bicyclic) bond motifs is 1. The van der Waals surface area contributed by atoms with E-state index in [0.29, 0.717) is 11.0 Å². The average molecular weight is 310 g/mol. The molecular weight excluding hydrogens is 296 g/mol. The maximum absolute atomic E-state index is 12.3. The molecule has 0 aliphatic heterocycles. The summed E-state index contributed by atoms with van der Waals surface area (Å²) in [7, 11) is 1.25. The second kappa shape index (κ2) is 6.36. The SMILES string of the molecule is COC(=O)c1c(C(=O)OCc2ccccc2)oc2ccccc12. The van der Waals surface area contributed by atoms with Crippen LogP contribution < -0.4 is 0 Å². The molecule has 2 aromatic carbocycles. The van der Waals surface area contributed by atoms with Gasteiger partial charge in [-0.3, -0.25) is 0 Å². The Morgan fingerprint density at radius 2 is 1.65 bits per heavy atom. The predicted molar refractivity (Wildman–Crippen MR) is 83.1 cm³/mol. The number of rotatable bonds is 4. The molecule has 0 aliphatic rings. The van der Waals surface area contributed by atoms with Gasteiger partial charge in [-0.05, 0) is 11.6 Å². The Balaban J connectivity index is 1.92. The van der Waals surface area contributed by atoms with Crippen LogP contribution in [0.2, 0.25) is 0 Å². The molecule has 0 N–H and O–H groups in total. The Labute approximate surface area is 132 Å². The van der Waals surface area contributed by atoms with Gasteiger partial charge in [0.25, 0.3) is 0 Å². The van der Waals surface area contributed by atoms with E-state index in [2.05, 4.69) is 0 Å². The second-order valence-corrected chi connectivity index (χ2v) is 4.86. The molecule has 0 atom stereocenters. The first-order chi connectivity index (χ1) is 11.2. The van der Waals surface area contributed by atoms with Gasteiger partial charge in [-0.25, -0.2) is 9.59 Å². The van der Waals surface area contributed by atoms with Crippen LogP contribution >= 0.6 is 0 Å². The van der Waals surface area contributed by atoms with E-state index in [-0.39, 0.29) is 17.9 Å². The molecule has 0 spiro atoms. The zero-order chi connectivity index (χ0) is 16.2. The van der Waals surface area contributed by atoms with Gasteiger partial charge in [-0.15, -0.1) is 0 Å². The fourth-order valence-corrected chi connectivity index (χ4v) is 2.28. The molecule has 0 bridgehead atoms. The average Bonchev–Trinajstić information content (AvgIpc) is 2.99. The van der Waals surface area contributed by atoms with Gasteiger partial charge >= 0.3 is 11.9 Å². The summed E-state index contributed by atoms with van der Waals surface area (Å²) in [6, 6.07) is 16.1. The molecule has 0 aliphatic carbocycles. The third-order valence-corrected chi connectivity index (χ3v) is 3.38. The molecule has 3 aromatic rings. The van der Waals surface area contributed by atoms with Gasteiger partial charge < -0.3 is 13.9 Å². The number of furan rings is 1. The van der Waals surface area contributed by atoms with Crippen LogP contribution in [0.15, 0.2) is 59.0 Å². The Bertz CT molecular complexity index is 848. The van der Waals surface area contributed by atoms with Crippen LogP contribution in [-0.2, 0) is 16.1 Å². The summed E-state index contributed by atoms with van der Waals surface area (Å²) in [5, 5.41) is 0.519. The second-order valence-electron chi connectivity index (χ2n) is 4.86. The van der Waals surface area contributed by atoms with E-state index in [1.54, 1.807) is 24.3 Å². The van der Waals surface area contributed by atoms with Crippen LogP contribution in [-0.4, -0.2) is 19.0 Å². The van der Waals surface area contributed by atoms with Gasteiger partial charge in [0.1, 0.15) is 17.8 Å². The number of ether oxygens (including phenoxy) is 2. The number of carbonyl (C=O) groups excluding carboxylic acids is 2. The van der Waals surface area contributed by atoms with Crippen molar-refractivity contribution < 1.29 is 23.5 Å². The lowest BCUT2D eigenvalue weighted by molar-refractivity contribution is 0.0423. The monoisotopic (exact) mass is 310 g/mol. The largest absolute Gasteiger partial charge is 0.465 e. The standard InChI is InChI=1S/C18H14O5/c1-21-17(19)15-13-9-5-6-10-14(13)23-16(15)18(20)22-11-12-7-3-2-4-8-12/h2-10H,11H2,1H3. The zero-order valence-corrected chi connectivity index (χ0v) is 12.4. The lowest BCUT2D eigenvalue weighted by Gasteiger charge is -2.04. The third kappa shape index (κ3) is 2.94. The molecular formula is C18H14O5. The number of para-hydroxylation sites is 1. The van der Waals surface area contributed by atoms with Crippen LogP contribution in [0.5, 0.6) is 0 Å². The van der Waals surface area contributed by atoms with Crippen molar-refractivity contribution in [1.82, 2.24) is 0 Å². The molecule has 5 heteroatoms. The molecule has 5 nitrogen and oxygen atoms in total. The molecule has 0 amide bonds. The van der Waals surface area contributed by atoms with Gasteiger partial charge in [0, 0.05) is 5.39 Å². The van der Waals surface area contributed by atoms with Crippen molar-refractivity contribution in [2.75, 3.05) is 7.11 Å². The van der Waals surface area contributed by atoms with Crippen molar-refractivity contribution in [2.24, 2.45) is 0 Å². The smallest absolute Gasteiger partial charge is 0.375 e. The van der Waals surface area contributed by atoms with Crippen molar-refractivity contribution >= 4 is 22.9 Å². The quantitative estimate of drug-likeness (QED) is 0.689. The van der Waals surface area contributed by atoms with E-state index in [1.165, 1.54) is 7.11 Å². The van der Waals surface area contributed by atoms with Gasteiger partial charge in [0.2, 0.25) is 5.76 Å². The predicted octanol–water partition coefficient (Wildman–Crippen LogP) is 3.58. The molecule has 0 unspecified atom stereocenters. The summed E-state index contributed by atoms with van der Waals surface area (Å²) in [6.45, 7) is 0.0946. The van der Waals surface area contributed by atoms with Crippen molar-refractivity contribution in [2.45, 2.75) is 6.61 Å². The van der Waals surface area contributed by atoms with E-state index >= 15 is 0 Å². The summed E-state index contributed by atoms with van der Waals surface area (Å²) in [5.74, 6) is -1.49. The van der Waals surface area contributed by atoms with Crippen molar-refractivity contribution in [3.8, 4) is 0 Å². The molecule has 0 fully saturated rings. The van der Waals surface area contributed by atoms with Crippen molar-refractivity contribution in [3.63, 3.8) is 0 Å². The highest BCUT2D eigenvalue weighted by molar-refractivity contribution is 6.11. The van der Waals surface area contributed by atoms with Crippen LogP contribution in [0.3, 0.4) is 0 Å². The van der Waals surface area contributed by atoms with Gasteiger partial charge in [-0.2, -0.15) is 0 Å². The molecule has 1 aromatic heterocycles. The molecule has 116 valence electrons. The molecule has 0 radical (unpaired) electrons. The maximum Gasteiger partial charge on any atom is 0.375 e. The van der Waals surface area contributed by atoms with Gasteiger partial charge in [0.05, 0.1) is 7.11 Å². The first-order valence-corrected chi connectivity index (χ1v) is 7.01. The Morgan fingerprint density at radius 3 is 2.39 bits per heavy atom. The summed E-state index contributed by atoms with van der Waals surface area (Å²) in [5.41, 5.74) is 1.36. The van der Waals surface area contributed by atoms with Gasteiger partial charge in [0.15, 0.2) is 0 Å². The summed E-state index contributed by atoms with van der Waals surface area (Å²) >= 11 is 0. The molecule has 0 saturated heterocycles. The maximum atomic E-state index is 12.3. The van der Waals surface area contributed by atoms with E-state index in [0.717, 1.165) is 5.56 Å². The highest BCUT2D eigenvalue weighted by atomic mass is 16.5. The Kier molecular flexibility index (Phi) is 4.10. The number of hydrogen-bond acceptors (Lipinski definition) is 5. The lowest BCUT2D eigenvalue weighted by Crippen LogP contribution is -2.11. The van der Waals surface area contributed by atoms with Crippen molar-refractivity contribution in [1.29, 1.82) is 0 Å². The van der Waals surface area contributed by atoms with Crippen LogP contribution in [0.4, 0.5) is 0 Å². The van der Waals surface area contributed by atoms with Crippen LogP contribution in [0.25, 0.3) is 11.0 Å². The summed E-state index contributed by atoms with van der Waals surface area (Å²) in [6.07, 6.45) is 0. The molecule has 23 heavy (non-hydrogen) atoms. The normalized spacial score (nSPS) is 10.5. The topological polar surface area (TPSA) is 65.7 Å². The first-order valence-electron chi connectivity index (χ1n) is 7.01. The van der Waals surface area contributed by atoms with E-state index in [9.17, 15) is 9.59 Å². The summed E-state index contributed by atoms with van der Waals surface area (Å²) in [4.78, 5) is 24.3. The minimum absolute atomic E-state index is 0.0844. The molecule has 0 saturated carbocycles.